The van der Waals surface area contributed by atoms with Gasteiger partial charge in [-0.1, -0.05) is 18.6 Å². The molecule has 0 amide bonds. The molecule has 4 unspecified atom stereocenters. The highest BCUT2D eigenvalue weighted by atomic mass is 19.2. The highest BCUT2D eigenvalue weighted by Crippen LogP contribution is 2.49. The van der Waals surface area contributed by atoms with Crippen molar-refractivity contribution in [3.05, 3.63) is 42.0 Å². The minimum absolute atomic E-state index is 0.202. The van der Waals surface area contributed by atoms with E-state index in [0.29, 0.717) is 5.92 Å². The molecular formula is C28H38F2O2. The highest BCUT2D eigenvalue weighted by Gasteiger charge is 2.39. The lowest BCUT2D eigenvalue weighted by Gasteiger charge is -2.45. The van der Waals surface area contributed by atoms with Crippen LogP contribution in [0.4, 0.5) is 8.78 Å². The van der Waals surface area contributed by atoms with E-state index in [0.717, 1.165) is 55.8 Å². The average Bonchev–Trinajstić information content (AvgIpc) is 2.82. The summed E-state index contributed by atoms with van der Waals surface area (Å²) in [6.45, 7) is 5.37. The zero-order chi connectivity index (χ0) is 22.7. The van der Waals surface area contributed by atoms with Gasteiger partial charge in [0.25, 0.3) is 0 Å². The Bertz CT molecular complexity index is 812. The van der Waals surface area contributed by atoms with Gasteiger partial charge in [0.05, 0.1) is 5.92 Å². The van der Waals surface area contributed by atoms with Crippen molar-refractivity contribution in [3.8, 4) is 5.75 Å². The predicted molar refractivity (Wildman–Crippen MR) is 123 cm³/mol. The van der Waals surface area contributed by atoms with E-state index >= 15 is 0 Å². The summed E-state index contributed by atoms with van der Waals surface area (Å²) in [6.07, 6.45) is 16.5. The minimum Gasteiger partial charge on any atom is -0.423 e. The second-order valence-corrected chi connectivity index (χ2v) is 10.7. The quantitative estimate of drug-likeness (QED) is 0.254. The zero-order valence-corrected chi connectivity index (χ0v) is 19.5. The highest BCUT2D eigenvalue weighted by molar-refractivity contribution is 5.75. The summed E-state index contributed by atoms with van der Waals surface area (Å²) in [4.78, 5) is 12.6. The molecule has 3 aliphatic carbocycles. The molecule has 4 heteroatoms. The molecule has 1 aromatic carbocycles. The lowest BCUT2D eigenvalue weighted by Crippen LogP contribution is -2.35. The normalized spacial score (nSPS) is 32.7. The first-order chi connectivity index (χ1) is 15.5. The van der Waals surface area contributed by atoms with Gasteiger partial charge in [-0.25, -0.2) is 4.39 Å². The first kappa shape index (κ1) is 23.4. The van der Waals surface area contributed by atoms with Crippen molar-refractivity contribution >= 4 is 5.97 Å². The van der Waals surface area contributed by atoms with E-state index in [2.05, 4.69) is 12.7 Å². The SMILES string of the molecule is C=CCCC1CCC2CC(C3CCC(C(=O)Oc4ccc(C)c(F)c4F)CC3)CCC2C1. The van der Waals surface area contributed by atoms with Crippen molar-refractivity contribution in [2.24, 2.45) is 35.5 Å². The molecule has 0 N–H and O–H groups in total. The molecule has 0 spiro atoms. The fourth-order valence-electron chi connectivity index (χ4n) is 6.79. The van der Waals surface area contributed by atoms with Gasteiger partial charge in [0, 0.05) is 0 Å². The molecule has 3 aliphatic rings. The molecule has 0 bridgehead atoms. The van der Waals surface area contributed by atoms with Crippen LogP contribution < -0.4 is 4.74 Å². The first-order valence-corrected chi connectivity index (χ1v) is 12.7. The number of fused-ring (bicyclic) bond motifs is 1. The van der Waals surface area contributed by atoms with E-state index in [9.17, 15) is 13.6 Å². The van der Waals surface area contributed by atoms with Gasteiger partial charge >= 0.3 is 5.97 Å². The van der Waals surface area contributed by atoms with Gasteiger partial charge in [0.2, 0.25) is 5.82 Å². The maximum absolute atomic E-state index is 14.1. The van der Waals surface area contributed by atoms with Crippen LogP contribution in [0.3, 0.4) is 0 Å². The van der Waals surface area contributed by atoms with Crippen molar-refractivity contribution in [1.82, 2.24) is 0 Å². The summed E-state index contributed by atoms with van der Waals surface area (Å²) < 4.78 is 33.1. The lowest BCUT2D eigenvalue weighted by atomic mass is 9.60. The lowest BCUT2D eigenvalue weighted by molar-refractivity contribution is -0.140. The van der Waals surface area contributed by atoms with Crippen molar-refractivity contribution in [3.63, 3.8) is 0 Å². The van der Waals surface area contributed by atoms with Gasteiger partial charge in [0.1, 0.15) is 0 Å². The Morgan fingerprint density at radius 3 is 2.28 bits per heavy atom. The Morgan fingerprint density at radius 2 is 1.56 bits per heavy atom. The second kappa shape index (κ2) is 10.5. The smallest absolute Gasteiger partial charge is 0.314 e. The Kier molecular flexibility index (Phi) is 7.68. The van der Waals surface area contributed by atoms with Crippen LogP contribution >= 0.6 is 0 Å². The molecule has 0 aliphatic heterocycles. The Hall–Kier alpha value is -1.71. The summed E-state index contributed by atoms with van der Waals surface area (Å²) in [6, 6.07) is 2.79. The molecule has 176 valence electrons. The van der Waals surface area contributed by atoms with Crippen LogP contribution in [-0.4, -0.2) is 5.97 Å². The summed E-state index contributed by atoms with van der Waals surface area (Å²) in [5, 5.41) is 0. The fourth-order valence-corrected chi connectivity index (χ4v) is 6.79. The van der Waals surface area contributed by atoms with Gasteiger partial charge in [-0.05, 0) is 119 Å². The van der Waals surface area contributed by atoms with Crippen molar-refractivity contribution < 1.29 is 18.3 Å². The minimum atomic E-state index is -1.07. The maximum Gasteiger partial charge on any atom is 0.314 e. The van der Waals surface area contributed by atoms with Gasteiger partial charge < -0.3 is 4.74 Å². The summed E-state index contributed by atoms with van der Waals surface area (Å²) >= 11 is 0. The molecule has 0 saturated heterocycles. The monoisotopic (exact) mass is 444 g/mol. The molecule has 1 aromatic rings. The largest absolute Gasteiger partial charge is 0.423 e. The van der Waals surface area contributed by atoms with E-state index in [4.69, 9.17) is 4.74 Å². The molecule has 0 aromatic heterocycles. The van der Waals surface area contributed by atoms with Gasteiger partial charge in [-0.15, -0.1) is 6.58 Å². The number of hydrogen-bond donors (Lipinski definition) is 0. The van der Waals surface area contributed by atoms with E-state index in [1.807, 2.05) is 0 Å². The van der Waals surface area contributed by atoms with Crippen LogP contribution in [0.1, 0.15) is 82.6 Å². The summed E-state index contributed by atoms with van der Waals surface area (Å²) in [5.74, 6) is 1.31. The zero-order valence-electron chi connectivity index (χ0n) is 19.5. The Balaban J connectivity index is 1.24. The standard InChI is InChI=1S/C28H38F2O2/c1-3-4-5-19-7-8-24-17-23(14-13-22(24)16-19)20-9-11-21(12-10-20)28(31)32-25-15-6-18(2)26(29)27(25)30/h3,6,15,19-24H,1,4-5,7-14,16-17H2,2H3. The van der Waals surface area contributed by atoms with Gasteiger partial charge in [-0.3, -0.25) is 4.79 Å². The number of esters is 1. The molecule has 3 saturated carbocycles. The molecule has 4 rings (SSSR count). The number of allylic oxidation sites excluding steroid dienone is 1. The predicted octanol–water partition coefficient (Wildman–Crippen LogP) is 7.78. The van der Waals surface area contributed by atoms with Crippen LogP contribution in [0.25, 0.3) is 0 Å². The molecular weight excluding hydrogens is 406 g/mol. The van der Waals surface area contributed by atoms with E-state index in [1.54, 1.807) is 0 Å². The Morgan fingerprint density at radius 1 is 0.938 bits per heavy atom. The number of aryl methyl sites for hydroxylation is 1. The van der Waals surface area contributed by atoms with Crippen LogP contribution in [0.5, 0.6) is 5.75 Å². The molecule has 4 atom stereocenters. The van der Waals surface area contributed by atoms with E-state index in [-0.39, 0.29) is 17.2 Å². The van der Waals surface area contributed by atoms with Crippen molar-refractivity contribution in [2.75, 3.05) is 0 Å². The third kappa shape index (κ3) is 5.26. The van der Waals surface area contributed by atoms with Crippen LogP contribution in [0.2, 0.25) is 0 Å². The maximum atomic E-state index is 14.1. The van der Waals surface area contributed by atoms with Crippen LogP contribution in [0, 0.1) is 54.1 Å². The fraction of sp³-hybridized carbons (Fsp3) is 0.679. The summed E-state index contributed by atoms with van der Waals surface area (Å²) in [7, 11) is 0. The third-order valence-corrected chi connectivity index (χ3v) is 8.76. The number of halogens is 2. The number of benzene rings is 1. The molecule has 3 fully saturated rings. The second-order valence-electron chi connectivity index (χ2n) is 10.7. The average molecular weight is 445 g/mol. The third-order valence-electron chi connectivity index (χ3n) is 8.76. The number of hydrogen-bond acceptors (Lipinski definition) is 2. The number of carbonyl (C=O) groups is 1. The molecule has 32 heavy (non-hydrogen) atoms. The molecule has 2 nitrogen and oxygen atoms in total. The van der Waals surface area contributed by atoms with Gasteiger partial charge in [-0.2, -0.15) is 4.39 Å². The van der Waals surface area contributed by atoms with Crippen molar-refractivity contribution in [2.45, 2.75) is 84.0 Å². The topological polar surface area (TPSA) is 26.3 Å². The van der Waals surface area contributed by atoms with E-state index < -0.39 is 17.6 Å². The van der Waals surface area contributed by atoms with E-state index in [1.165, 1.54) is 64.0 Å². The Labute approximate surface area is 191 Å². The summed E-state index contributed by atoms with van der Waals surface area (Å²) in [5.41, 5.74) is 0.211. The van der Waals surface area contributed by atoms with Crippen molar-refractivity contribution in [1.29, 1.82) is 0 Å². The van der Waals surface area contributed by atoms with Crippen LogP contribution in [-0.2, 0) is 4.79 Å². The number of carbonyl (C=O) groups excluding carboxylic acids is 1. The number of rotatable bonds is 6. The molecule has 0 heterocycles. The first-order valence-electron chi connectivity index (χ1n) is 12.7. The van der Waals surface area contributed by atoms with Gasteiger partial charge in [0.15, 0.2) is 11.6 Å². The van der Waals surface area contributed by atoms with Crippen LogP contribution in [0.15, 0.2) is 24.8 Å². The molecule has 0 radical (unpaired) electrons. The number of ether oxygens (including phenoxy) is 1.